The molecular formula is C21H18F3N3O3S. The highest BCUT2D eigenvalue weighted by Gasteiger charge is 2.30. The molecule has 2 atom stereocenters. The van der Waals surface area contributed by atoms with Gasteiger partial charge in [-0.1, -0.05) is 11.3 Å². The Morgan fingerprint density at radius 2 is 2.00 bits per heavy atom. The van der Waals surface area contributed by atoms with E-state index in [1.165, 1.54) is 23.5 Å². The second-order valence-corrected chi connectivity index (χ2v) is 8.03. The van der Waals surface area contributed by atoms with E-state index in [4.69, 9.17) is 0 Å². The fourth-order valence-corrected chi connectivity index (χ4v) is 4.44. The molecule has 0 fully saturated rings. The summed E-state index contributed by atoms with van der Waals surface area (Å²) < 4.78 is 43.8. The number of hydrogen-bond donors (Lipinski definition) is 1. The lowest BCUT2D eigenvalue weighted by Crippen LogP contribution is -2.31. The van der Waals surface area contributed by atoms with Crippen molar-refractivity contribution in [1.29, 1.82) is 0 Å². The summed E-state index contributed by atoms with van der Waals surface area (Å²) in [5, 5.41) is 3.22. The van der Waals surface area contributed by atoms with Crippen molar-refractivity contribution >= 4 is 28.2 Å². The number of Topliss-reactive ketones (excluding diaryl/α,β-unsaturated/α-hetero) is 1. The van der Waals surface area contributed by atoms with Crippen LogP contribution < -0.4 is 10.1 Å². The number of aromatic nitrogens is 2. The van der Waals surface area contributed by atoms with Crippen molar-refractivity contribution in [2.45, 2.75) is 38.6 Å². The summed E-state index contributed by atoms with van der Waals surface area (Å²) in [5.41, 5.74) is 1.92. The number of halogens is 3. The zero-order valence-electron chi connectivity index (χ0n) is 16.3. The van der Waals surface area contributed by atoms with Crippen molar-refractivity contribution in [3.8, 4) is 16.2 Å². The van der Waals surface area contributed by atoms with Gasteiger partial charge in [0.25, 0.3) is 6.36 Å². The number of fused-ring (bicyclic) bond motifs is 1. The smallest absolute Gasteiger partial charge is 0.304 e. The number of alkyl halides is 3. The first-order valence-electron chi connectivity index (χ1n) is 9.51. The average molecular weight is 449 g/mol. The lowest BCUT2D eigenvalue weighted by molar-refractivity contribution is -0.119. The molecule has 3 heterocycles. The van der Waals surface area contributed by atoms with Gasteiger partial charge in [-0.25, -0.2) is 13.8 Å². The Hall–Kier alpha value is -3.14. The number of ketones is 1. The molecule has 0 aliphatic carbocycles. The molecule has 2 aromatic heterocycles. The van der Waals surface area contributed by atoms with Gasteiger partial charge < -0.3 is 14.6 Å². The number of carbonyl (C=O) groups excluding carboxylic acids is 2. The van der Waals surface area contributed by atoms with Crippen LogP contribution in [-0.2, 0) is 4.79 Å². The van der Waals surface area contributed by atoms with Crippen LogP contribution in [0.2, 0.25) is 0 Å². The molecule has 0 spiro atoms. The Morgan fingerprint density at radius 3 is 2.71 bits per heavy atom. The minimum Gasteiger partial charge on any atom is -0.454 e. The molecule has 1 aliphatic rings. The first-order chi connectivity index (χ1) is 14.8. The third-order valence-corrected chi connectivity index (χ3v) is 6.06. The summed E-state index contributed by atoms with van der Waals surface area (Å²) in [6, 6.07) is 8.96. The summed E-state index contributed by atoms with van der Waals surface area (Å²) in [7, 11) is 0. The van der Waals surface area contributed by atoms with Crippen LogP contribution in [0.1, 0.15) is 35.1 Å². The van der Waals surface area contributed by atoms with E-state index in [2.05, 4.69) is 15.0 Å². The number of carbonyl (C=O) groups is 2. The molecule has 4 rings (SSSR count). The summed E-state index contributed by atoms with van der Waals surface area (Å²) in [6.45, 7) is 1.78. The number of hydrogen-bond acceptors (Lipinski definition) is 5. The van der Waals surface area contributed by atoms with Crippen LogP contribution >= 0.6 is 11.3 Å². The molecular weight excluding hydrogens is 431 g/mol. The number of nitrogens with one attached hydrogen (secondary N) is 1. The zero-order chi connectivity index (χ0) is 22.1. The van der Waals surface area contributed by atoms with Crippen molar-refractivity contribution < 1.29 is 27.5 Å². The van der Waals surface area contributed by atoms with Crippen molar-refractivity contribution in [3.63, 3.8) is 0 Å². The van der Waals surface area contributed by atoms with E-state index < -0.39 is 18.8 Å². The van der Waals surface area contributed by atoms with E-state index in [1.807, 2.05) is 0 Å². The highest BCUT2D eigenvalue weighted by molar-refractivity contribution is 7.19. The zero-order valence-corrected chi connectivity index (χ0v) is 17.2. The maximum atomic E-state index is 13.0. The second-order valence-electron chi connectivity index (χ2n) is 7.03. The van der Waals surface area contributed by atoms with E-state index in [9.17, 15) is 22.8 Å². The van der Waals surface area contributed by atoms with Crippen LogP contribution in [0, 0.1) is 6.92 Å². The maximum absolute atomic E-state index is 13.0. The molecule has 1 aromatic carbocycles. The predicted octanol–water partition coefficient (Wildman–Crippen LogP) is 5.02. The van der Waals surface area contributed by atoms with Crippen LogP contribution in [0.25, 0.3) is 10.4 Å². The molecule has 2 unspecified atom stereocenters. The highest BCUT2D eigenvalue weighted by atomic mass is 32.1. The SMILES string of the molecule is Cc1nc(NC(=O)C2CCC(=O)c3cccn32)sc1-c1ccc(OC(F)C(F)F)cc1. The first-order valence-corrected chi connectivity index (χ1v) is 10.3. The van der Waals surface area contributed by atoms with Gasteiger partial charge in [-0.05, 0) is 55.3 Å². The molecule has 0 radical (unpaired) electrons. The van der Waals surface area contributed by atoms with Gasteiger partial charge in [0.2, 0.25) is 5.91 Å². The highest BCUT2D eigenvalue weighted by Crippen LogP contribution is 2.35. The van der Waals surface area contributed by atoms with Crippen molar-refractivity contribution in [2.75, 3.05) is 5.32 Å². The molecule has 6 nitrogen and oxygen atoms in total. The van der Waals surface area contributed by atoms with E-state index in [0.29, 0.717) is 29.4 Å². The quantitative estimate of drug-likeness (QED) is 0.574. The van der Waals surface area contributed by atoms with Gasteiger partial charge in [0.05, 0.1) is 16.3 Å². The van der Waals surface area contributed by atoms with E-state index in [1.54, 1.807) is 42.0 Å². The molecule has 1 N–H and O–H groups in total. The van der Waals surface area contributed by atoms with E-state index in [-0.39, 0.29) is 17.4 Å². The molecule has 0 bridgehead atoms. The number of ether oxygens (including phenoxy) is 1. The minimum atomic E-state index is -3.22. The monoisotopic (exact) mass is 449 g/mol. The molecule has 1 amide bonds. The number of aryl methyl sites for hydroxylation is 1. The molecule has 31 heavy (non-hydrogen) atoms. The topological polar surface area (TPSA) is 73.2 Å². The number of anilines is 1. The normalized spacial score (nSPS) is 16.8. The first kappa shape index (κ1) is 21.1. The molecule has 0 saturated heterocycles. The number of thiazole rings is 1. The predicted molar refractivity (Wildman–Crippen MR) is 109 cm³/mol. The van der Waals surface area contributed by atoms with Crippen LogP contribution in [-0.4, -0.2) is 34.0 Å². The maximum Gasteiger partial charge on any atom is 0.304 e. The van der Waals surface area contributed by atoms with Crippen molar-refractivity contribution in [2.24, 2.45) is 0 Å². The van der Waals surface area contributed by atoms with Crippen LogP contribution in [0.4, 0.5) is 18.3 Å². The molecule has 162 valence electrons. The Labute approximate surface area is 179 Å². The lowest BCUT2D eigenvalue weighted by Gasteiger charge is -2.24. The number of rotatable bonds is 6. The lowest BCUT2D eigenvalue weighted by atomic mass is 10.0. The Bertz CT molecular complexity index is 1110. The summed E-state index contributed by atoms with van der Waals surface area (Å²) in [5.74, 6) is -0.252. The van der Waals surface area contributed by atoms with Crippen LogP contribution in [0.15, 0.2) is 42.6 Å². The molecule has 1 aliphatic heterocycles. The largest absolute Gasteiger partial charge is 0.454 e. The second kappa shape index (κ2) is 8.54. The fraction of sp³-hybridized carbons (Fsp3) is 0.286. The fourth-order valence-electron chi connectivity index (χ4n) is 3.47. The summed E-state index contributed by atoms with van der Waals surface area (Å²) in [6.07, 6.45) is -3.47. The van der Waals surface area contributed by atoms with Gasteiger partial charge in [-0.15, -0.1) is 0 Å². The van der Waals surface area contributed by atoms with Gasteiger partial charge in [-0.2, -0.15) is 4.39 Å². The van der Waals surface area contributed by atoms with Gasteiger partial charge in [0.1, 0.15) is 11.8 Å². The third kappa shape index (κ3) is 4.34. The number of amides is 1. The van der Waals surface area contributed by atoms with Gasteiger partial charge in [0, 0.05) is 12.6 Å². The number of benzene rings is 1. The van der Waals surface area contributed by atoms with E-state index >= 15 is 0 Å². The molecule has 0 saturated carbocycles. The average Bonchev–Trinajstić information content (AvgIpc) is 3.36. The van der Waals surface area contributed by atoms with Gasteiger partial charge >= 0.3 is 6.43 Å². The minimum absolute atomic E-state index is 0.0124. The van der Waals surface area contributed by atoms with Crippen LogP contribution in [0.3, 0.4) is 0 Å². The van der Waals surface area contributed by atoms with Crippen LogP contribution in [0.5, 0.6) is 5.75 Å². The Kier molecular flexibility index (Phi) is 5.81. The molecule has 10 heteroatoms. The van der Waals surface area contributed by atoms with Crippen molar-refractivity contribution in [3.05, 3.63) is 54.0 Å². The molecule has 3 aromatic rings. The van der Waals surface area contributed by atoms with E-state index in [0.717, 1.165) is 10.4 Å². The Balaban J connectivity index is 1.48. The Morgan fingerprint density at radius 1 is 1.26 bits per heavy atom. The summed E-state index contributed by atoms with van der Waals surface area (Å²) in [4.78, 5) is 29.9. The van der Waals surface area contributed by atoms with Gasteiger partial charge in [0.15, 0.2) is 10.9 Å². The third-order valence-electron chi connectivity index (χ3n) is 4.94. The standard InChI is InChI=1S/C21H18F3N3O3S/c1-11-17(12-4-6-13(7-5-12)30-19(24)18(22)23)31-21(25-11)26-20(29)15-8-9-16(28)14-3-2-10-27(14)15/h2-7,10,15,18-19H,8-9H2,1H3,(H,25,26,29). The summed E-state index contributed by atoms with van der Waals surface area (Å²) >= 11 is 1.26. The van der Waals surface area contributed by atoms with Crippen molar-refractivity contribution in [1.82, 2.24) is 9.55 Å². The van der Waals surface area contributed by atoms with Gasteiger partial charge in [-0.3, -0.25) is 9.59 Å². The number of nitrogens with zero attached hydrogens (tertiary/aromatic N) is 2.